The number of fused-ring (bicyclic) bond motifs is 1. The van der Waals surface area contributed by atoms with Gasteiger partial charge in [-0.3, -0.25) is 14.7 Å². The Labute approximate surface area is 827 Å². The molecule has 0 aliphatic carbocycles. The molecule has 0 spiro atoms. The van der Waals surface area contributed by atoms with Gasteiger partial charge < -0.3 is 75.3 Å². The summed E-state index contributed by atoms with van der Waals surface area (Å²) in [6.07, 6.45) is 7.89. The number of benzene rings is 10. The van der Waals surface area contributed by atoms with Crippen molar-refractivity contribution in [3.8, 4) is 0 Å². The fourth-order valence-electron chi connectivity index (χ4n) is 14.1. The predicted molar refractivity (Wildman–Crippen MR) is 565 cm³/mol. The zero-order chi connectivity index (χ0) is 95.1. The van der Waals surface area contributed by atoms with Crippen molar-refractivity contribution in [2.75, 3.05) is 216 Å². The number of Topliss-reactive ketones (excluding diaryl/α,β-unsaturated/α-hetero) is 1. The van der Waals surface area contributed by atoms with Crippen molar-refractivity contribution < 1.29 is 61.0 Å². The van der Waals surface area contributed by atoms with Crippen molar-refractivity contribution in [2.45, 2.75) is 102 Å². The minimum absolute atomic E-state index is 0. The number of para-hydroxylation sites is 1. The van der Waals surface area contributed by atoms with Crippen LogP contribution >= 0.6 is 10.8 Å². The number of quaternary nitrogens is 1. The predicted octanol–water partition coefficient (Wildman–Crippen LogP) is 15.0. The molecule has 722 valence electrons. The van der Waals surface area contributed by atoms with Crippen LogP contribution in [0.1, 0.15) is 52.0 Å². The van der Waals surface area contributed by atoms with Crippen molar-refractivity contribution in [3.05, 3.63) is 315 Å². The van der Waals surface area contributed by atoms with Crippen LogP contribution < -0.4 is 22.2 Å². The van der Waals surface area contributed by atoms with Crippen molar-refractivity contribution in [3.63, 3.8) is 0 Å². The van der Waals surface area contributed by atoms with Gasteiger partial charge in [0.15, 0.2) is 60.5 Å². The van der Waals surface area contributed by atoms with Gasteiger partial charge in [-0.2, -0.15) is 5.06 Å². The van der Waals surface area contributed by atoms with E-state index >= 15 is 0 Å². The molecule has 0 bridgehead atoms. The highest BCUT2D eigenvalue weighted by Gasteiger charge is 2.35. The number of carbonyl (C=O) groups excluding carboxylic acids is 1. The summed E-state index contributed by atoms with van der Waals surface area (Å²) in [5.74, 6) is 9.96. The summed E-state index contributed by atoms with van der Waals surface area (Å²) in [6, 6.07) is 103. The number of aliphatic hydroxyl groups excluding tert-OH is 2. The van der Waals surface area contributed by atoms with Crippen LogP contribution in [0.4, 0.5) is 0 Å². The molecule has 17 nitrogen and oxygen atoms in total. The first-order valence-electron chi connectivity index (χ1n) is 46.2. The highest BCUT2D eigenvalue weighted by atomic mass is 79.9. The molecule has 1 aromatic heterocycles. The smallest absolute Gasteiger partial charge is 0.187 e. The van der Waals surface area contributed by atoms with Crippen molar-refractivity contribution in [1.29, 1.82) is 0 Å². The maximum atomic E-state index is 11.6. The third kappa shape index (κ3) is 45.0. The molecule has 0 radical (unpaired) electrons. The molecule has 6 aliphatic heterocycles. The van der Waals surface area contributed by atoms with Gasteiger partial charge in [-0.15, -0.1) is 4.99 Å². The van der Waals surface area contributed by atoms with Crippen molar-refractivity contribution >= 4 is 87.8 Å². The zero-order valence-electron chi connectivity index (χ0n) is 81.5. The summed E-state index contributed by atoms with van der Waals surface area (Å²) >= 11 is 0. The summed E-state index contributed by atoms with van der Waals surface area (Å²) < 4.78 is 16.6. The second kappa shape index (κ2) is 65.7. The summed E-state index contributed by atoms with van der Waals surface area (Å²) in [5, 5.41) is 33.6. The van der Waals surface area contributed by atoms with E-state index in [0.717, 1.165) is 5.75 Å². The molecule has 0 saturated carbocycles. The number of hydrogen-bond donors (Lipinski definition) is 3. The molecule has 1 unspecified atom stereocenters. The Hall–Kier alpha value is -7.00. The van der Waals surface area contributed by atoms with Crippen LogP contribution in [0.25, 0.3) is 10.9 Å². The van der Waals surface area contributed by atoms with Crippen molar-refractivity contribution in [2.24, 2.45) is 12.5 Å². The molecule has 11 aromatic rings. The highest BCUT2D eigenvalue weighted by Crippen LogP contribution is 2.35. The Bertz CT molecular complexity index is 4420. The second-order valence-corrected chi connectivity index (χ2v) is 46.7. The van der Waals surface area contributed by atoms with E-state index in [2.05, 4.69) is 412 Å². The van der Waals surface area contributed by atoms with Gasteiger partial charge in [0.2, 0.25) is 0 Å². The Morgan fingerprint density at radius 3 is 1.05 bits per heavy atom. The quantitative estimate of drug-likeness (QED) is 0.0231. The lowest BCUT2D eigenvalue weighted by atomic mass is 9.92. The summed E-state index contributed by atoms with van der Waals surface area (Å²) in [7, 11) is 19.6. The molecule has 3 N–H and O–H groups in total. The number of carbonyl (C=O) groups is 1. The van der Waals surface area contributed by atoms with Gasteiger partial charge in [0, 0.05) is 102 Å². The fourth-order valence-corrected chi connectivity index (χ4v) is 25.4. The number of hydroxylamine groups is 2. The number of aromatic nitrogens is 1. The Balaban J connectivity index is 0.000000230. The third-order valence-corrected chi connectivity index (χ3v) is 34.5. The number of ether oxygens (including phenoxy) is 1. The van der Waals surface area contributed by atoms with E-state index in [-0.39, 0.29) is 68.3 Å². The first kappa shape index (κ1) is 115. The lowest BCUT2D eigenvalue weighted by Crippen LogP contribution is -3.00. The van der Waals surface area contributed by atoms with Gasteiger partial charge in [0.25, 0.3) is 0 Å². The average molecular weight is 1990 g/mol. The minimum atomic E-state index is -0.809. The molecule has 10 aromatic carbocycles. The van der Waals surface area contributed by atoms with Crippen LogP contribution in [-0.2, 0) is 81.1 Å². The normalized spacial score (nSPS) is 16.2. The van der Waals surface area contributed by atoms with Gasteiger partial charge in [0.1, 0.15) is 23.0 Å². The molecular formula is C109H154BrN9O8S6+4. The van der Waals surface area contributed by atoms with Gasteiger partial charge >= 0.3 is 0 Å². The van der Waals surface area contributed by atoms with Crippen LogP contribution in [0.3, 0.4) is 0 Å². The summed E-state index contributed by atoms with van der Waals surface area (Å²) in [4.78, 5) is 43.4. The number of rotatable bonds is 19. The Kier molecular flexibility index (Phi) is 56.7. The topological polar surface area (TPSA) is 156 Å². The van der Waals surface area contributed by atoms with Crippen LogP contribution in [0, 0.1) is 12.3 Å². The van der Waals surface area contributed by atoms with Crippen LogP contribution in [0.15, 0.2) is 358 Å². The highest BCUT2D eigenvalue weighted by molar-refractivity contribution is 8.11. The molecule has 6 aliphatic rings. The summed E-state index contributed by atoms with van der Waals surface area (Å²) in [6.45, 7) is 30.4. The number of likely N-dealkylation sites (N-methyl/N-ethyl adjacent to an activating group) is 7. The lowest BCUT2D eigenvalue weighted by molar-refractivity contribution is -0.894. The number of nitrogens with zero attached hydrogens (tertiary/aromatic N) is 9. The number of morpholine rings is 1. The molecule has 6 saturated heterocycles. The maximum Gasteiger partial charge on any atom is 0.187 e. The maximum absolute atomic E-state index is 11.6. The molecule has 17 rings (SSSR count). The van der Waals surface area contributed by atoms with E-state index in [1.54, 1.807) is 4.90 Å². The number of aliphatic hydroxyl groups is 2. The van der Waals surface area contributed by atoms with E-state index in [9.17, 15) is 10.1 Å². The van der Waals surface area contributed by atoms with Gasteiger partial charge in [-0.1, -0.05) is 203 Å². The van der Waals surface area contributed by atoms with Gasteiger partial charge in [0.05, 0.1) is 116 Å². The number of piperazine rings is 3. The van der Waals surface area contributed by atoms with E-state index in [4.69, 9.17) is 19.5 Å². The average Bonchev–Trinajstić information content (AvgIpc) is 1.51. The number of aryl methyl sites for hydroxylation is 2. The fraction of sp³-hybridized carbons (Fsp3) is 0.394. The van der Waals surface area contributed by atoms with Gasteiger partial charge in [-0.25, -0.2) is 0 Å². The largest absolute Gasteiger partial charge is 1.00 e. The Morgan fingerprint density at radius 1 is 0.474 bits per heavy atom. The van der Waals surface area contributed by atoms with Crippen LogP contribution in [0.5, 0.6) is 0 Å². The van der Waals surface area contributed by atoms with E-state index in [1.165, 1.54) is 203 Å². The first-order valence-corrected chi connectivity index (χ1v) is 54.6. The molecule has 7 heterocycles. The third-order valence-electron chi connectivity index (χ3n) is 22.5. The van der Waals surface area contributed by atoms with Crippen LogP contribution in [-0.4, -0.2) is 286 Å². The first-order chi connectivity index (χ1) is 63.8. The summed E-state index contributed by atoms with van der Waals surface area (Å²) in [5.41, 5.74) is 2.57. The molecule has 0 amide bonds. The van der Waals surface area contributed by atoms with E-state index < -0.39 is 10.8 Å². The molecule has 6 fully saturated rings. The number of ketones is 1. The molecular weight excluding hydrogens is 1840 g/mol. The van der Waals surface area contributed by atoms with Crippen LogP contribution in [0.2, 0.25) is 0 Å². The van der Waals surface area contributed by atoms with E-state index in [0.29, 0.717) is 67.0 Å². The second-order valence-electron chi connectivity index (χ2n) is 34.9. The molecule has 24 heteroatoms. The van der Waals surface area contributed by atoms with Gasteiger partial charge in [-0.05, 0) is 229 Å². The minimum Gasteiger partial charge on any atom is -1.00 e. The van der Waals surface area contributed by atoms with E-state index in [1.807, 2.05) is 32.7 Å². The molecule has 1 atom stereocenters. The SMILES string of the molecule is C=CS(=C)O.CC(C)(C)C(=O)C[S+]1CCCC1.CN(CCO)CCO.CN1CCN(C)CC1.CN1CCN(C)CC1.CN1CC[N+](C)(C)CC1.Cc1ccc([S+](c2ccccc2)c2ccccc2)cc1.Cn1cc([S+]2CCCC2)c2ccccc21.[Br-].[O-]OON1CCOCC1.c1ccc([S+](c2ccccc2)c2ccccc2)cc1.c1ccc([S+](c2ccccc2)c2ccccc2)cc1. The lowest BCUT2D eigenvalue weighted by Gasteiger charge is -2.37. The molecule has 133 heavy (non-hydrogen) atoms. The number of hydrogen-bond acceptors (Lipinski definition) is 15. The monoisotopic (exact) mass is 1990 g/mol. The number of halogens is 1. The Morgan fingerprint density at radius 2 is 0.759 bits per heavy atom. The van der Waals surface area contributed by atoms with Crippen molar-refractivity contribution in [1.82, 2.24) is 39.0 Å². The zero-order valence-corrected chi connectivity index (χ0v) is 88.0. The standard InChI is InChI=1S/C19H17S.2C18H15S.C13H16NS.C10H19OS.C7H17N2.2C6H14N2.C5H13NO2.C4H9NO4.C3H6OS.BrH/c1-16-12-14-19(15-13-16)20(17-8-4-2-5-9-17)18-10-6-3-7-11-18;2*1-4-10-16(11-5-1)19(17-12-6-2-7-13-17)18-14-8-3-9-15-18;1-14-10-13(15-8-4-5-9-15)11-6-2-3-7-12(11)14;1-10(2,3)9(11)8-12-6-4-5-7-12;1-8-4-6-9(2,3)7-5-8;2*1-7-3-5-8(2)6-4-7;1-6(2-4-7)3-5-8;6-9-8-5-1-3-7-4-2-5;1-3-5(2)4;/h2-15H,1H3;2*1-15H;2-3,6-7,10H,4-5,8-9H2,1H3;4-8H2,1-3H3;4-7H2,1-3H3;2*3-6H2,1-2H3;7-8H,2-5H2,1H3;6H,1-4H2;3-4H,1-2H2;1H/q6*+1;;;;;;/p-2.